The van der Waals surface area contributed by atoms with Crippen molar-refractivity contribution in [3.05, 3.63) is 71.8 Å². The number of carbonyl (C=O) groups is 7. The van der Waals surface area contributed by atoms with Crippen LogP contribution in [0.3, 0.4) is 0 Å². The molecular formula is C38H45NO13. The molecule has 3 rings (SSSR count). The highest BCUT2D eigenvalue weighted by Gasteiger charge is 2.42. The Hall–Kier alpha value is -5.53. The van der Waals surface area contributed by atoms with Gasteiger partial charge in [0.1, 0.15) is 24.5 Å². The van der Waals surface area contributed by atoms with Crippen LogP contribution in [0.5, 0.6) is 11.5 Å². The van der Waals surface area contributed by atoms with Gasteiger partial charge >= 0.3 is 23.9 Å². The number of phenols is 1. The number of carboxylic acids is 2. The normalized spacial score (nSPS) is 14.8. The molecule has 0 aromatic heterocycles. The summed E-state index contributed by atoms with van der Waals surface area (Å²) in [6.45, 7) is 5.83. The van der Waals surface area contributed by atoms with Gasteiger partial charge in [0.05, 0.1) is 24.9 Å². The molecule has 52 heavy (non-hydrogen) atoms. The van der Waals surface area contributed by atoms with E-state index in [9.17, 15) is 38.7 Å². The molecule has 0 saturated carbocycles. The van der Waals surface area contributed by atoms with Crippen molar-refractivity contribution in [2.45, 2.75) is 83.8 Å². The predicted molar refractivity (Wildman–Crippen MR) is 184 cm³/mol. The van der Waals surface area contributed by atoms with Crippen LogP contribution in [0, 0.1) is 5.41 Å². The van der Waals surface area contributed by atoms with Gasteiger partial charge in [-0.15, -0.1) is 0 Å². The van der Waals surface area contributed by atoms with Gasteiger partial charge in [0, 0.05) is 25.5 Å². The van der Waals surface area contributed by atoms with Gasteiger partial charge < -0.3 is 34.4 Å². The third kappa shape index (κ3) is 12.4. The van der Waals surface area contributed by atoms with Crippen molar-refractivity contribution in [2.24, 2.45) is 5.41 Å². The Morgan fingerprint density at radius 2 is 1.69 bits per heavy atom. The molecular weight excluding hydrogens is 678 g/mol. The highest BCUT2D eigenvalue weighted by molar-refractivity contribution is 6.38. The molecule has 1 fully saturated rings. The molecule has 1 amide bonds. The number of Topliss-reactive ketones (excluding diaryl/α,β-unsaturated/α-hetero) is 2. The molecule has 0 spiro atoms. The number of carboxylic acid groups (broad SMARTS) is 2. The number of nitrogens with zero attached hydrogens (tertiary/aromatic N) is 1. The monoisotopic (exact) mass is 723 g/mol. The fraction of sp³-hybridized carbons (Fsp3) is 0.447. The first kappa shape index (κ1) is 40.9. The van der Waals surface area contributed by atoms with E-state index in [1.165, 1.54) is 24.8 Å². The number of aromatic hydroxyl groups is 1. The van der Waals surface area contributed by atoms with Crippen molar-refractivity contribution in [1.82, 2.24) is 4.90 Å². The van der Waals surface area contributed by atoms with Crippen molar-refractivity contribution in [3.8, 4) is 11.5 Å². The Balaban J connectivity index is 1.86. The third-order valence-electron chi connectivity index (χ3n) is 8.48. The van der Waals surface area contributed by atoms with E-state index in [2.05, 4.69) is 6.58 Å². The maximum atomic E-state index is 13.9. The first-order valence-corrected chi connectivity index (χ1v) is 16.9. The number of rotatable bonds is 20. The van der Waals surface area contributed by atoms with E-state index in [-0.39, 0.29) is 75.6 Å². The molecule has 0 aliphatic carbocycles. The quantitative estimate of drug-likeness (QED) is 0.0997. The molecule has 0 bridgehead atoms. The first-order chi connectivity index (χ1) is 24.6. The van der Waals surface area contributed by atoms with Gasteiger partial charge in [-0.25, -0.2) is 9.59 Å². The van der Waals surface area contributed by atoms with Gasteiger partial charge in [0.2, 0.25) is 5.78 Å². The molecule has 280 valence electrons. The lowest BCUT2D eigenvalue weighted by molar-refractivity contribution is -0.165. The molecule has 2 aromatic rings. The van der Waals surface area contributed by atoms with Crippen molar-refractivity contribution in [1.29, 1.82) is 0 Å². The Morgan fingerprint density at radius 1 is 0.962 bits per heavy atom. The Morgan fingerprint density at radius 3 is 2.38 bits per heavy atom. The van der Waals surface area contributed by atoms with Crippen molar-refractivity contribution in [3.63, 3.8) is 0 Å². The number of likely N-dealkylation sites (tertiary alicyclic amines) is 1. The van der Waals surface area contributed by atoms with E-state index in [4.69, 9.17) is 24.4 Å². The number of aryl methyl sites for hydroxylation is 1. The van der Waals surface area contributed by atoms with Crippen LogP contribution in [0.2, 0.25) is 0 Å². The summed E-state index contributed by atoms with van der Waals surface area (Å²) in [4.78, 5) is 87.9. The van der Waals surface area contributed by atoms with E-state index in [1.54, 1.807) is 36.4 Å². The molecule has 14 heteroatoms. The minimum Gasteiger partial charge on any atom is -0.504 e. The van der Waals surface area contributed by atoms with Crippen LogP contribution >= 0.6 is 0 Å². The van der Waals surface area contributed by atoms with Gasteiger partial charge in [0.25, 0.3) is 5.91 Å². The highest BCUT2D eigenvalue weighted by atomic mass is 16.5. The number of phenolic OH excluding ortho intramolecular Hbond substituents is 1. The molecule has 1 aliphatic heterocycles. The van der Waals surface area contributed by atoms with Crippen molar-refractivity contribution in [2.75, 3.05) is 19.8 Å². The Bertz CT molecular complexity index is 1660. The molecule has 2 aromatic carbocycles. The molecule has 1 aliphatic rings. The SMILES string of the molecule is C=CC(=O)OCC(C)(C)C(=O)C(=O)N1CCCC[C@@H]1C(=O)O[C@H](CCc1ccc(O)c(OCCC(=O)O)c1)c1cccc(CC(=O)CCC(=O)O)c1. The number of hydrogen-bond acceptors (Lipinski definition) is 11. The van der Waals surface area contributed by atoms with Crippen LogP contribution in [-0.4, -0.2) is 87.4 Å². The number of hydrogen-bond donors (Lipinski definition) is 3. The Kier molecular flexibility index (Phi) is 15.1. The summed E-state index contributed by atoms with van der Waals surface area (Å²) in [5.41, 5.74) is 0.395. The van der Waals surface area contributed by atoms with Gasteiger partial charge in [-0.1, -0.05) is 36.9 Å². The molecule has 3 N–H and O–H groups in total. The number of piperidine rings is 1. The predicted octanol–water partition coefficient (Wildman–Crippen LogP) is 4.14. The largest absolute Gasteiger partial charge is 0.504 e. The average molecular weight is 724 g/mol. The minimum atomic E-state index is -1.38. The fourth-order valence-electron chi connectivity index (χ4n) is 5.57. The number of esters is 2. The van der Waals surface area contributed by atoms with Crippen LogP contribution in [0.1, 0.15) is 81.6 Å². The smallest absolute Gasteiger partial charge is 0.330 e. The molecule has 2 atom stereocenters. The second-order valence-corrected chi connectivity index (χ2v) is 13.1. The molecule has 0 unspecified atom stereocenters. The summed E-state index contributed by atoms with van der Waals surface area (Å²) in [6.07, 6.45) is 1.14. The van der Waals surface area contributed by atoms with Crippen molar-refractivity contribution < 1.29 is 63.1 Å². The van der Waals surface area contributed by atoms with E-state index in [0.29, 0.717) is 36.0 Å². The van der Waals surface area contributed by atoms with E-state index in [0.717, 1.165) is 6.08 Å². The summed E-state index contributed by atoms with van der Waals surface area (Å²) in [5, 5.41) is 28.1. The number of ketones is 2. The van der Waals surface area contributed by atoms with Gasteiger partial charge in [-0.2, -0.15) is 0 Å². The van der Waals surface area contributed by atoms with E-state index >= 15 is 0 Å². The van der Waals surface area contributed by atoms with Crippen LogP contribution in [0.25, 0.3) is 0 Å². The molecule has 14 nitrogen and oxygen atoms in total. The summed E-state index contributed by atoms with van der Waals surface area (Å²) in [7, 11) is 0. The second-order valence-electron chi connectivity index (χ2n) is 13.1. The Labute approximate surface area is 301 Å². The van der Waals surface area contributed by atoms with Crippen LogP contribution in [0.15, 0.2) is 55.1 Å². The van der Waals surface area contributed by atoms with E-state index in [1.807, 2.05) is 0 Å². The molecule has 0 radical (unpaired) electrons. The number of aliphatic carboxylic acids is 2. The maximum absolute atomic E-state index is 13.9. The van der Waals surface area contributed by atoms with Gasteiger partial charge in [-0.3, -0.25) is 24.0 Å². The lowest BCUT2D eigenvalue weighted by Gasteiger charge is -2.36. The minimum absolute atomic E-state index is 0.0400. The first-order valence-electron chi connectivity index (χ1n) is 16.9. The lowest BCUT2D eigenvalue weighted by Crippen LogP contribution is -2.53. The summed E-state index contributed by atoms with van der Waals surface area (Å²) in [6, 6.07) is 10.3. The molecule has 1 saturated heterocycles. The number of benzene rings is 2. The summed E-state index contributed by atoms with van der Waals surface area (Å²) < 4.78 is 16.6. The zero-order chi connectivity index (χ0) is 38.4. The average Bonchev–Trinajstić information content (AvgIpc) is 3.11. The van der Waals surface area contributed by atoms with Crippen molar-refractivity contribution >= 4 is 41.4 Å². The lowest BCUT2D eigenvalue weighted by atomic mass is 9.87. The fourth-order valence-corrected chi connectivity index (χ4v) is 5.57. The zero-order valence-corrected chi connectivity index (χ0v) is 29.3. The summed E-state index contributed by atoms with van der Waals surface area (Å²) >= 11 is 0. The number of carbonyl (C=O) groups excluding carboxylic acids is 5. The standard InChI is InChI=1S/C38H45NO13/c1-4-34(46)51-23-38(2,3)35(47)36(48)39-18-6-5-10-28(39)37(49)52-30(26-9-7-8-25(20-26)21-27(40)13-16-32(42)43)15-12-24-11-14-29(41)31(22-24)50-19-17-33(44)45/h4,7-9,11,14,20,22,28,30,41H,1,5-6,10,12-13,15-19,21,23H2,2-3H3,(H,42,43)(H,44,45)/t28-,30-/m1/s1. The summed E-state index contributed by atoms with van der Waals surface area (Å²) in [5.74, 6) is -5.77. The third-order valence-corrected chi connectivity index (χ3v) is 8.48. The van der Waals surface area contributed by atoms with E-state index < -0.39 is 53.1 Å². The second kappa shape index (κ2) is 19.2. The van der Waals surface area contributed by atoms with Gasteiger partial charge in [-0.05, 0) is 74.8 Å². The topological polar surface area (TPSA) is 211 Å². The van der Waals surface area contributed by atoms with Gasteiger partial charge in [0.15, 0.2) is 11.5 Å². The van der Waals surface area contributed by atoms with Crippen LogP contribution < -0.4 is 4.74 Å². The van der Waals surface area contributed by atoms with Crippen LogP contribution in [-0.2, 0) is 55.9 Å². The number of ether oxygens (including phenoxy) is 3. The number of amides is 1. The molecule has 1 heterocycles. The maximum Gasteiger partial charge on any atom is 0.330 e. The zero-order valence-electron chi connectivity index (χ0n) is 29.3. The van der Waals surface area contributed by atoms with Crippen LogP contribution in [0.4, 0.5) is 0 Å². The highest BCUT2D eigenvalue weighted by Crippen LogP contribution is 2.32.